The lowest BCUT2D eigenvalue weighted by atomic mass is 10.3. The normalized spacial score (nSPS) is 11.7. The maximum absolute atomic E-state index is 11.8. The molecule has 0 radical (unpaired) electrons. The van der Waals surface area contributed by atoms with Gasteiger partial charge in [-0.1, -0.05) is 0 Å². The SMILES string of the molecule is FC(F)(F)CCCNCc1ccncn1. The van der Waals surface area contributed by atoms with E-state index in [4.69, 9.17) is 0 Å². The van der Waals surface area contributed by atoms with E-state index in [2.05, 4.69) is 15.3 Å². The predicted octanol–water partition coefficient (Wildman–Crippen LogP) is 1.91. The molecular weight excluding hydrogens is 207 g/mol. The predicted molar refractivity (Wildman–Crippen MR) is 49.0 cm³/mol. The molecule has 0 fully saturated rings. The van der Waals surface area contributed by atoms with E-state index in [9.17, 15) is 13.2 Å². The lowest BCUT2D eigenvalue weighted by Gasteiger charge is -2.06. The number of aromatic nitrogens is 2. The molecule has 6 heteroatoms. The van der Waals surface area contributed by atoms with Crippen LogP contribution in [0, 0.1) is 0 Å². The van der Waals surface area contributed by atoms with E-state index >= 15 is 0 Å². The molecule has 0 aliphatic heterocycles. The Labute approximate surface area is 85.7 Å². The summed E-state index contributed by atoms with van der Waals surface area (Å²) in [6, 6.07) is 1.72. The molecule has 3 nitrogen and oxygen atoms in total. The van der Waals surface area contributed by atoms with Crippen LogP contribution >= 0.6 is 0 Å². The van der Waals surface area contributed by atoms with Crippen molar-refractivity contribution in [2.45, 2.75) is 25.6 Å². The first-order valence-electron chi connectivity index (χ1n) is 4.60. The molecular formula is C9H12F3N3. The Morgan fingerprint density at radius 2 is 2.13 bits per heavy atom. The minimum absolute atomic E-state index is 0.0918. The molecule has 0 spiro atoms. The maximum atomic E-state index is 11.8. The van der Waals surface area contributed by atoms with Crippen LogP contribution in [-0.4, -0.2) is 22.7 Å². The van der Waals surface area contributed by atoms with Crippen LogP contribution in [0.3, 0.4) is 0 Å². The monoisotopic (exact) mass is 219 g/mol. The Kier molecular flexibility index (Phi) is 4.48. The van der Waals surface area contributed by atoms with Crippen molar-refractivity contribution in [3.05, 3.63) is 24.3 Å². The highest BCUT2D eigenvalue weighted by molar-refractivity contribution is 4.96. The molecule has 0 aliphatic rings. The summed E-state index contributed by atoms with van der Waals surface area (Å²) >= 11 is 0. The van der Waals surface area contributed by atoms with Gasteiger partial charge in [0.05, 0.1) is 5.69 Å². The summed E-state index contributed by atoms with van der Waals surface area (Å²) in [5.41, 5.74) is 0.775. The quantitative estimate of drug-likeness (QED) is 0.769. The zero-order valence-corrected chi connectivity index (χ0v) is 8.09. The first-order valence-corrected chi connectivity index (χ1v) is 4.60. The fourth-order valence-electron chi connectivity index (χ4n) is 1.05. The summed E-state index contributed by atoms with van der Waals surface area (Å²) in [5, 5.41) is 2.88. The fourth-order valence-corrected chi connectivity index (χ4v) is 1.05. The lowest BCUT2D eigenvalue weighted by molar-refractivity contribution is -0.135. The molecule has 0 saturated heterocycles. The number of hydrogen-bond donors (Lipinski definition) is 1. The molecule has 1 N–H and O–H groups in total. The molecule has 0 bridgehead atoms. The van der Waals surface area contributed by atoms with Crippen LogP contribution in [0.15, 0.2) is 18.6 Å². The van der Waals surface area contributed by atoms with Gasteiger partial charge < -0.3 is 5.32 Å². The van der Waals surface area contributed by atoms with E-state index in [0.29, 0.717) is 13.1 Å². The van der Waals surface area contributed by atoms with Crippen LogP contribution in [0.1, 0.15) is 18.5 Å². The Bertz CT molecular complexity index is 274. The summed E-state index contributed by atoms with van der Waals surface area (Å²) in [7, 11) is 0. The van der Waals surface area contributed by atoms with Gasteiger partial charge in [-0.15, -0.1) is 0 Å². The van der Waals surface area contributed by atoms with Crippen molar-refractivity contribution in [1.82, 2.24) is 15.3 Å². The standard InChI is InChI=1S/C9H12F3N3/c10-9(11,12)3-1-4-13-6-8-2-5-14-7-15-8/h2,5,7,13H,1,3-4,6H2. The second-order valence-electron chi connectivity index (χ2n) is 3.10. The zero-order chi connectivity index (χ0) is 11.1. The third-order valence-electron chi connectivity index (χ3n) is 1.76. The Balaban J connectivity index is 2.08. The average molecular weight is 219 g/mol. The van der Waals surface area contributed by atoms with Crippen LogP contribution in [0.25, 0.3) is 0 Å². The van der Waals surface area contributed by atoms with E-state index in [1.165, 1.54) is 6.33 Å². The van der Waals surface area contributed by atoms with Gasteiger partial charge in [0.2, 0.25) is 0 Å². The van der Waals surface area contributed by atoms with Gasteiger partial charge in [-0.05, 0) is 19.0 Å². The van der Waals surface area contributed by atoms with Crippen LogP contribution < -0.4 is 5.32 Å². The van der Waals surface area contributed by atoms with Crippen molar-refractivity contribution < 1.29 is 13.2 Å². The van der Waals surface area contributed by atoms with E-state index in [1.54, 1.807) is 12.3 Å². The van der Waals surface area contributed by atoms with Gasteiger partial charge in [0.25, 0.3) is 0 Å². The Morgan fingerprint density at radius 3 is 2.73 bits per heavy atom. The van der Waals surface area contributed by atoms with E-state index in [0.717, 1.165) is 5.69 Å². The smallest absolute Gasteiger partial charge is 0.311 e. The summed E-state index contributed by atoms with van der Waals surface area (Å²) in [5.74, 6) is 0. The number of halogens is 3. The maximum Gasteiger partial charge on any atom is 0.389 e. The molecule has 0 aromatic carbocycles. The number of hydrogen-bond acceptors (Lipinski definition) is 3. The summed E-state index contributed by atoms with van der Waals surface area (Å²) in [4.78, 5) is 7.66. The highest BCUT2D eigenvalue weighted by atomic mass is 19.4. The molecule has 15 heavy (non-hydrogen) atoms. The molecule has 1 heterocycles. The minimum atomic E-state index is -4.06. The molecule has 0 aliphatic carbocycles. The van der Waals surface area contributed by atoms with Crippen LogP contribution in [0.2, 0.25) is 0 Å². The fraction of sp³-hybridized carbons (Fsp3) is 0.556. The second kappa shape index (κ2) is 5.65. The highest BCUT2D eigenvalue weighted by Gasteiger charge is 2.25. The van der Waals surface area contributed by atoms with Gasteiger partial charge in [-0.2, -0.15) is 13.2 Å². The lowest BCUT2D eigenvalue weighted by Crippen LogP contribution is -2.18. The molecule has 1 aromatic rings. The molecule has 84 valence electrons. The van der Waals surface area contributed by atoms with Crippen molar-refractivity contribution in [2.75, 3.05) is 6.54 Å². The number of nitrogens with one attached hydrogen (secondary N) is 1. The summed E-state index contributed by atoms with van der Waals surface area (Å²) in [6.45, 7) is 0.809. The zero-order valence-electron chi connectivity index (χ0n) is 8.09. The van der Waals surface area contributed by atoms with E-state index in [1.807, 2.05) is 0 Å². The Morgan fingerprint density at radius 1 is 1.33 bits per heavy atom. The molecule has 1 aromatic heterocycles. The summed E-state index contributed by atoms with van der Waals surface area (Å²) in [6.07, 6.45) is -1.71. The first-order chi connectivity index (χ1) is 7.08. The molecule has 0 unspecified atom stereocenters. The largest absolute Gasteiger partial charge is 0.389 e. The first kappa shape index (κ1) is 11.9. The molecule has 1 rings (SSSR count). The minimum Gasteiger partial charge on any atom is -0.311 e. The van der Waals surface area contributed by atoms with Gasteiger partial charge in [0.1, 0.15) is 6.33 Å². The number of nitrogens with zero attached hydrogens (tertiary/aromatic N) is 2. The van der Waals surface area contributed by atoms with Gasteiger partial charge >= 0.3 is 6.18 Å². The van der Waals surface area contributed by atoms with Gasteiger partial charge in [0.15, 0.2) is 0 Å². The van der Waals surface area contributed by atoms with Crippen molar-refractivity contribution >= 4 is 0 Å². The number of alkyl halides is 3. The van der Waals surface area contributed by atoms with Gasteiger partial charge in [-0.3, -0.25) is 0 Å². The highest BCUT2D eigenvalue weighted by Crippen LogP contribution is 2.20. The van der Waals surface area contributed by atoms with Crippen molar-refractivity contribution in [1.29, 1.82) is 0 Å². The molecule has 0 saturated carbocycles. The van der Waals surface area contributed by atoms with Gasteiger partial charge in [-0.25, -0.2) is 9.97 Å². The average Bonchev–Trinajstić information content (AvgIpc) is 2.17. The van der Waals surface area contributed by atoms with E-state index < -0.39 is 12.6 Å². The van der Waals surface area contributed by atoms with Crippen molar-refractivity contribution in [3.8, 4) is 0 Å². The topological polar surface area (TPSA) is 37.8 Å². The number of rotatable bonds is 5. The van der Waals surface area contributed by atoms with Gasteiger partial charge in [0, 0.05) is 19.2 Å². The van der Waals surface area contributed by atoms with Crippen LogP contribution in [0.5, 0.6) is 0 Å². The molecule has 0 amide bonds. The van der Waals surface area contributed by atoms with Crippen LogP contribution in [-0.2, 0) is 6.54 Å². The third-order valence-corrected chi connectivity index (χ3v) is 1.76. The second-order valence-corrected chi connectivity index (χ2v) is 3.10. The Hall–Kier alpha value is -1.17. The summed E-state index contributed by atoms with van der Waals surface area (Å²) < 4.78 is 35.3. The van der Waals surface area contributed by atoms with Crippen molar-refractivity contribution in [2.24, 2.45) is 0 Å². The molecule has 0 atom stereocenters. The van der Waals surface area contributed by atoms with Crippen LogP contribution in [0.4, 0.5) is 13.2 Å². The third kappa shape index (κ3) is 6.01. The van der Waals surface area contributed by atoms with E-state index in [-0.39, 0.29) is 6.42 Å². The van der Waals surface area contributed by atoms with Crippen molar-refractivity contribution in [3.63, 3.8) is 0 Å².